The van der Waals surface area contributed by atoms with Crippen LogP contribution in [0.25, 0.3) is 22.3 Å². The van der Waals surface area contributed by atoms with Crippen LogP contribution in [0.5, 0.6) is 35.0 Å². The highest BCUT2D eigenvalue weighted by Crippen LogP contribution is 2.32. The lowest BCUT2D eigenvalue weighted by molar-refractivity contribution is -0.275. The molecule has 4 aromatic carbocycles. The van der Waals surface area contributed by atoms with Gasteiger partial charge in [0.1, 0.15) is 23.0 Å². The van der Waals surface area contributed by atoms with Gasteiger partial charge in [-0.05, 0) is 74.7 Å². The van der Waals surface area contributed by atoms with Crippen LogP contribution in [0.1, 0.15) is 22.3 Å². The fourth-order valence-electron chi connectivity index (χ4n) is 7.20. The Morgan fingerprint density at radius 1 is 0.554 bits per heavy atom. The van der Waals surface area contributed by atoms with E-state index in [1.54, 1.807) is 0 Å². The fourth-order valence-corrected chi connectivity index (χ4v) is 7.38. The van der Waals surface area contributed by atoms with E-state index in [0.29, 0.717) is 5.88 Å². The van der Waals surface area contributed by atoms with Crippen molar-refractivity contribution in [1.82, 2.24) is 47.6 Å². The van der Waals surface area contributed by atoms with Crippen molar-refractivity contribution in [3.63, 3.8) is 0 Å². The molecule has 0 aliphatic rings. The van der Waals surface area contributed by atoms with E-state index in [1.165, 1.54) is 70.7 Å². The number of nitrogens with zero attached hydrogens (tertiary/aromatic N) is 9. The number of rotatable bonds is 13. The molecule has 0 aliphatic carbocycles. The standard InChI is InChI=1S/C24H24F3N5O4.C22H18ClF3N4O4.C2H7N.ClH/c1-29(2)13-15-8-10-16(11-9-15)14-32-19-20(30(3)23(34)31(4)21(19)33)28-22(32)35-17-6-5-7-18(12-17)36-24(25,26)27;1-28-18-17(19(31)29(2)21(28)32)30(12-14-8-6-13(11-23)7-9-14)20(27-18)33-15-4-3-5-16(10-15)34-22(24,25)26;1-3-2;/h5-12H,13-14H2,1-4H3;3-10H,11-12H2,1-2H3;3H,1-2H3;1H. The Balaban J connectivity index is 0.000000257. The molecule has 74 heavy (non-hydrogen) atoms. The molecule has 0 spiro atoms. The first-order valence-electron chi connectivity index (χ1n) is 21.8. The highest BCUT2D eigenvalue weighted by molar-refractivity contribution is 6.17. The molecular weight excluding hydrogens is 1030 g/mol. The predicted molar refractivity (Wildman–Crippen MR) is 267 cm³/mol. The molecule has 0 atom stereocenters. The van der Waals surface area contributed by atoms with Crippen LogP contribution in [0.2, 0.25) is 0 Å². The first-order valence-corrected chi connectivity index (χ1v) is 22.3. The van der Waals surface area contributed by atoms with E-state index in [1.807, 2.05) is 81.6 Å². The Kier molecular flexibility index (Phi) is 18.6. The van der Waals surface area contributed by atoms with Gasteiger partial charge in [-0.3, -0.25) is 37.0 Å². The van der Waals surface area contributed by atoms with Gasteiger partial charge in [0.2, 0.25) is 0 Å². The highest BCUT2D eigenvalue weighted by Gasteiger charge is 2.32. The maximum absolute atomic E-state index is 13.0. The van der Waals surface area contributed by atoms with Crippen molar-refractivity contribution in [3.05, 3.63) is 161 Å². The molecule has 4 heterocycles. The molecule has 0 unspecified atom stereocenters. The lowest BCUT2D eigenvalue weighted by Gasteiger charge is -2.13. The maximum Gasteiger partial charge on any atom is 0.573 e. The summed E-state index contributed by atoms with van der Waals surface area (Å²) in [4.78, 5) is 61.5. The lowest BCUT2D eigenvalue weighted by atomic mass is 10.1. The summed E-state index contributed by atoms with van der Waals surface area (Å²) in [5.41, 5.74) is 1.66. The summed E-state index contributed by atoms with van der Waals surface area (Å²) >= 11 is 5.85. The van der Waals surface area contributed by atoms with E-state index in [0.717, 1.165) is 62.2 Å². The number of halogens is 8. The van der Waals surface area contributed by atoms with Crippen molar-refractivity contribution >= 4 is 46.3 Å². The molecule has 26 heteroatoms. The van der Waals surface area contributed by atoms with Crippen LogP contribution in [0.15, 0.2) is 116 Å². The van der Waals surface area contributed by atoms with Crippen molar-refractivity contribution in [3.8, 4) is 35.0 Å². The summed E-state index contributed by atoms with van der Waals surface area (Å²) < 4.78 is 103. The number of imidazole rings is 2. The zero-order valence-electron chi connectivity index (χ0n) is 40.9. The molecule has 18 nitrogen and oxygen atoms in total. The molecule has 1 N–H and O–H groups in total. The van der Waals surface area contributed by atoms with Gasteiger partial charge in [0.05, 0.1) is 13.1 Å². The van der Waals surface area contributed by atoms with Crippen LogP contribution in [0.3, 0.4) is 0 Å². The molecule has 8 rings (SSSR count). The number of fused-ring (bicyclic) bond motifs is 2. The van der Waals surface area contributed by atoms with Crippen LogP contribution in [0, 0.1) is 0 Å². The third-order valence-corrected chi connectivity index (χ3v) is 10.8. The molecule has 0 radical (unpaired) electrons. The topological polar surface area (TPSA) is 176 Å². The minimum atomic E-state index is -4.87. The first-order chi connectivity index (χ1) is 34.4. The molecule has 0 fully saturated rings. The Labute approximate surface area is 428 Å². The third kappa shape index (κ3) is 13.9. The van der Waals surface area contributed by atoms with E-state index < -0.39 is 46.7 Å². The van der Waals surface area contributed by atoms with Gasteiger partial charge in [-0.15, -0.1) is 50.4 Å². The van der Waals surface area contributed by atoms with Crippen molar-refractivity contribution in [1.29, 1.82) is 0 Å². The summed E-state index contributed by atoms with van der Waals surface area (Å²) in [6.07, 6.45) is -9.74. The zero-order valence-corrected chi connectivity index (χ0v) is 42.5. The number of nitrogens with one attached hydrogen (secondary N) is 1. The van der Waals surface area contributed by atoms with Gasteiger partial charge in [-0.25, -0.2) is 9.59 Å². The van der Waals surface area contributed by atoms with Gasteiger partial charge in [-0.1, -0.05) is 60.7 Å². The molecule has 0 saturated carbocycles. The van der Waals surface area contributed by atoms with E-state index in [2.05, 4.69) is 24.8 Å². The Bertz CT molecular complexity index is 3480. The Morgan fingerprint density at radius 3 is 1.23 bits per heavy atom. The lowest BCUT2D eigenvalue weighted by Crippen LogP contribution is -2.37. The van der Waals surface area contributed by atoms with Crippen LogP contribution in [-0.4, -0.2) is 83.2 Å². The molecule has 0 amide bonds. The number of aryl methyl sites for hydroxylation is 2. The number of alkyl halides is 7. The largest absolute Gasteiger partial charge is 0.573 e. The number of aromatic nitrogens is 8. The second kappa shape index (κ2) is 24.0. The maximum atomic E-state index is 13.0. The van der Waals surface area contributed by atoms with E-state index >= 15 is 0 Å². The second-order valence-electron chi connectivity index (χ2n) is 16.5. The molecule has 0 saturated heterocycles. The van der Waals surface area contributed by atoms with E-state index in [-0.39, 0.29) is 71.3 Å². The smallest absolute Gasteiger partial charge is 0.425 e. The summed E-state index contributed by atoms with van der Waals surface area (Å²) in [6, 6.07) is 24.7. The average Bonchev–Trinajstić information content (AvgIpc) is 3.86. The third-order valence-electron chi connectivity index (χ3n) is 10.5. The van der Waals surface area contributed by atoms with E-state index in [4.69, 9.17) is 21.1 Å². The van der Waals surface area contributed by atoms with Crippen molar-refractivity contribution in [2.24, 2.45) is 28.2 Å². The van der Waals surface area contributed by atoms with Crippen molar-refractivity contribution in [2.75, 3.05) is 28.2 Å². The summed E-state index contributed by atoms with van der Waals surface area (Å²) in [7, 11) is 13.3. The quantitative estimate of drug-likeness (QED) is 0.0896. The molecular formula is C48H50Cl2F6N10O8. The molecule has 0 aliphatic heterocycles. The van der Waals surface area contributed by atoms with Crippen LogP contribution < -0.4 is 46.8 Å². The Morgan fingerprint density at radius 2 is 0.892 bits per heavy atom. The molecule has 396 valence electrons. The molecule has 4 aromatic heterocycles. The van der Waals surface area contributed by atoms with Gasteiger partial charge < -0.3 is 29.2 Å². The van der Waals surface area contributed by atoms with Gasteiger partial charge in [-0.2, -0.15) is 9.97 Å². The summed E-state index contributed by atoms with van der Waals surface area (Å²) in [6.45, 7) is 1.06. The number of hydrogen-bond donors (Lipinski definition) is 1. The summed E-state index contributed by atoms with van der Waals surface area (Å²) in [5.74, 6) is -0.606. The molecule has 8 aromatic rings. The SMILES string of the molecule is CN(C)Cc1ccc(Cn2c(Oc3cccc(OC(F)(F)F)c3)nc3c2c(=O)n(C)c(=O)n3C)cc1.CNC.Cl.Cn1c(=O)c2c(nc(Oc3cccc(OC(F)(F)F)c3)n2Cc2ccc(CCl)cc2)n(C)c1=O. The monoisotopic (exact) mass is 1080 g/mol. The highest BCUT2D eigenvalue weighted by atomic mass is 35.5. The van der Waals surface area contributed by atoms with Gasteiger partial charge in [0, 0.05) is 52.7 Å². The van der Waals surface area contributed by atoms with Gasteiger partial charge in [0.15, 0.2) is 22.3 Å². The first kappa shape index (κ1) is 57.4. The predicted octanol–water partition coefficient (Wildman–Crippen LogP) is 7.40. The second-order valence-corrected chi connectivity index (χ2v) is 16.7. The van der Waals surface area contributed by atoms with Crippen molar-refractivity contribution in [2.45, 2.75) is 38.2 Å². The van der Waals surface area contributed by atoms with E-state index in [9.17, 15) is 45.5 Å². The minimum absolute atomic E-state index is 0. The normalized spacial score (nSPS) is 11.4. The van der Waals surface area contributed by atoms with Crippen molar-refractivity contribution < 1.29 is 45.3 Å². The number of hydrogen-bond acceptors (Lipinski definition) is 12. The van der Waals surface area contributed by atoms with Crippen LogP contribution >= 0.6 is 24.0 Å². The van der Waals surface area contributed by atoms with Crippen LogP contribution in [0.4, 0.5) is 26.3 Å². The average molecular weight is 1080 g/mol. The fraction of sp³-hybridized carbons (Fsp3) is 0.292. The van der Waals surface area contributed by atoms with Crippen LogP contribution in [-0.2, 0) is 53.7 Å². The van der Waals surface area contributed by atoms with Gasteiger partial charge >= 0.3 is 36.1 Å². The van der Waals surface area contributed by atoms with Gasteiger partial charge in [0.25, 0.3) is 11.1 Å². The number of benzene rings is 4. The zero-order chi connectivity index (χ0) is 53.5. The Hall–Kier alpha value is -7.54. The summed E-state index contributed by atoms with van der Waals surface area (Å²) in [5, 5.41) is 2.75. The minimum Gasteiger partial charge on any atom is -0.425 e. The number of ether oxygens (including phenoxy) is 4. The molecule has 0 bridgehead atoms.